The van der Waals surface area contributed by atoms with Crippen LogP contribution in [0.4, 0.5) is 19.0 Å². The molecule has 3 aromatic rings. The third-order valence-electron chi connectivity index (χ3n) is 4.82. The van der Waals surface area contributed by atoms with Gasteiger partial charge >= 0.3 is 0 Å². The second kappa shape index (κ2) is 6.49. The number of hydrogen-bond donors (Lipinski definition) is 0. The molecule has 2 aromatic heterocycles. The molecule has 27 heavy (non-hydrogen) atoms. The van der Waals surface area contributed by atoms with Gasteiger partial charge in [0, 0.05) is 24.8 Å². The van der Waals surface area contributed by atoms with E-state index in [1.54, 1.807) is 0 Å². The van der Waals surface area contributed by atoms with Gasteiger partial charge in [-0.2, -0.15) is 19.6 Å². The molecule has 0 saturated carbocycles. The molecule has 0 N–H and O–H groups in total. The number of benzene rings is 1. The maximum atomic E-state index is 14.6. The first-order chi connectivity index (χ1) is 12.8. The molecule has 0 aliphatic carbocycles. The molecule has 0 radical (unpaired) electrons. The minimum atomic E-state index is -1.53. The molecule has 0 amide bonds. The van der Waals surface area contributed by atoms with Crippen LogP contribution in [0.25, 0.3) is 16.9 Å². The molecule has 3 heterocycles. The van der Waals surface area contributed by atoms with E-state index in [-0.39, 0.29) is 16.5 Å². The Balaban J connectivity index is 2.03. The quantitative estimate of drug-likeness (QED) is 0.465. The highest BCUT2D eigenvalue weighted by Gasteiger charge is 2.33. The van der Waals surface area contributed by atoms with Gasteiger partial charge in [-0.25, -0.2) is 13.2 Å². The second-order valence-corrected chi connectivity index (χ2v) is 13.0. The zero-order valence-electron chi connectivity index (χ0n) is 14.8. The summed E-state index contributed by atoms with van der Waals surface area (Å²) in [5, 5.41) is 4.09. The number of halogens is 4. The van der Waals surface area contributed by atoms with Crippen molar-refractivity contribution in [3.63, 3.8) is 0 Å². The van der Waals surface area contributed by atoms with E-state index in [1.807, 2.05) is 4.90 Å². The van der Waals surface area contributed by atoms with Crippen LogP contribution < -0.4 is 4.90 Å². The highest BCUT2D eigenvalue weighted by atomic mass is 35.5. The zero-order valence-corrected chi connectivity index (χ0v) is 16.6. The number of aromatic nitrogens is 4. The van der Waals surface area contributed by atoms with Crippen LogP contribution in [0.1, 0.15) is 6.42 Å². The summed E-state index contributed by atoms with van der Waals surface area (Å²) in [6.07, 6.45) is 3.05. The lowest BCUT2D eigenvalue weighted by molar-refractivity contribution is 0.547. The first kappa shape index (κ1) is 18.2. The maximum absolute atomic E-state index is 14.6. The Kier molecular flexibility index (Phi) is 4.38. The summed E-state index contributed by atoms with van der Waals surface area (Å²) in [4.78, 5) is 10.2. The Labute approximate surface area is 159 Å². The molecule has 1 saturated heterocycles. The Hall–Kier alpha value is -2.13. The van der Waals surface area contributed by atoms with Crippen molar-refractivity contribution in [3.05, 3.63) is 41.1 Å². The fraction of sp³-hybridized carbons (Fsp3) is 0.353. The van der Waals surface area contributed by atoms with Gasteiger partial charge in [0.15, 0.2) is 0 Å². The van der Waals surface area contributed by atoms with Crippen molar-refractivity contribution >= 4 is 31.3 Å². The van der Waals surface area contributed by atoms with Crippen LogP contribution in [0.15, 0.2) is 18.5 Å². The predicted octanol–water partition coefficient (Wildman–Crippen LogP) is 4.32. The molecule has 5 nitrogen and oxygen atoms in total. The highest BCUT2D eigenvalue weighted by Crippen LogP contribution is 2.40. The topological polar surface area (TPSA) is 46.3 Å². The Morgan fingerprint density at radius 1 is 1.11 bits per heavy atom. The number of nitrogens with zero attached hydrogens (tertiary/aromatic N) is 5. The molecule has 1 fully saturated rings. The summed E-state index contributed by atoms with van der Waals surface area (Å²) in [6.45, 7) is 5.22. The van der Waals surface area contributed by atoms with E-state index in [0.717, 1.165) is 18.6 Å². The van der Waals surface area contributed by atoms with E-state index in [0.29, 0.717) is 24.5 Å². The van der Waals surface area contributed by atoms with Gasteiger partial charge in [-0.3, -0.25) is 0 Å². The first-order valence-electron chi connectivity index (χ1n) is 8.56. The van der Waals surface area contributed by atoms with Crippen molar-refractivity contribution in [1.29, 1.82) is 0 Å². The van der Waals surface area contributed by atoms with Crippen LogP contribution in [0, 0.1) is 17.5 Å². The largest absolute Gasteiger partial charge is 0.359 e. The lowest BCUT2D eigenvalue weighted by atomic mass is 10.1. The number of fused-ring (bicyclic) bond motifs is 1. The summed E-state index contributed by atoms with van der Waals surface area (Å²) < 4.78 is 44.0. The summed E-state index contributed by atoms with van der Waals surface area (Å²) >= 11 is 6.34. The number of anilines is 1. The van der Waals surface area contributed by atoms with Crippen molar-refractivity contribution in [1.82, 2.24) is 19.6 Å². The van der Waals surface area contributed by atoms with Crippen molar-refractivity contribution in [3.8, 4) is 11.1 Å². The minimum absolute atomic E-state index is 0.0661. The molecule has 10 heteroatoms. The van der Waals surface area contributed by atoms with Gasteiger partial charge in [0.2, 0.25) is 0 Å². The van der Waals surface area contributed by atoms with Crippen LogP contribution in [-0.4, -0.2) is 40.4 Å². The van der Waals surface area contributed by atoms with E-state index >= 15 is 0 Å². The van der Waals surface area contributed by atoms with Crippen LogP contribution in [0.3, 0.4) is 0 Å². The molecule has 0 bridgehead atoms. The highest BCUT2D eigenvalue weighted by molar-refractivity contribution is 6.78. The predicted molar refractivity (Wildman–Crippen MR) is 100 cm³/mol. The summed E-state index contributed by atoms with van der Waals surface area (Å²) in [6, 6.07) is 2.44. The third-order valence-corrected chi connectivity index (χ3v) is 8.03. The Bertz CT molecular complexity index is 1020. The molecule has 1 aromatic carbocycles. The zero-order chi connectivity index (χ0) is 19.3. The smallest absolute Gasteiger partial charge is 0.255 e. The van der Waals surface area contributed by atoms with Gasteiger partial charge in [-0.05, 0) is 6.42 Å². The standard InChI is InChI=1S/C17H17ClF3N5Si/c1-27(2)5-3-4-25(9-27)16-14(13-11(20)6-10(19)7-12(13)21)15(18)24-17-22-8-23-26(16)17/h6-8H,3-5,9H2,1-2H3. The second-order valence-electron chi connectivity index (χ2n) is 7.51. The van der Waals surface area contributed by atoms with Gasteiger partial charge in [0.05, 0.1) is 19.2 Å². The molecular formula is C17H17ClF3N5Si. The van der Waals surface area contributed by atoms with E-state index in [2.05, 4.69) is 28.2 Å². The van der Waals surface area contributed by atoms with Crippen molar-refractivity contribution in [2.24, 2.45) is 0 Å². The lowest BCUT2D eigenvalue weighted by Gasteiger charge is -2.38. The van der Waals surface area contributed by atoms with E-state index in [4.69, 9.17) is 11.6 Å². The summed E-state index contributed by atoms with van der Waals surface area (Å²) in [5.41, 5.74) is -0.345. The molecule has 0 atom stereocenters. The Morgan fingerprint density at radius 2 is 1.81 bits per heavy atom. The maximum Gasteiger partial charge on any atom is 0.255 e. The fourth-order valence-corrected chi connectivity index (χ4v) is 6.56. The van der Waals surface area contributed by atoms with Crippen LogP contribution in [-0.2, 0) is 0 Å². The average molecular weight is 412 g/mol. The fourth-order valence-electron chi connectivity index (χ4n) is 3.70. The van der Waals surface area contributed by atoms with Gasteiger partial charge < -0.3 is 4.90 Å². The molecular weight excluding hydrogens is 395 g/mol. The van der Waals surface area contributed by atoms with Crippen molar-refractivity contribution < 1.29 is 13.2 Å². The number of rotatable bonds is 2. The monoisotopic (exact) mass is 411 g/mol. The van der Waals surface area contributed by atoms with Crippen LogP contribution in [0.5, 0.6) is 0 Å². The summed E-state index contributed by atoms with van der Waals surface area (Å²) in [5.74, 6) is -2.39. The van der Waals surface area contributed by atoms with E-state index < -0.39 is 31.1 Å². The van der Waals surface area contributed by atoms with Crippen molar-refractivity contribution in [2.45, 2.75) is 25.6 Å². The SMILES string of the molecule is C[Si]1(C)CCCN(c2c(-c3c(F)cc(F)cc3F)c(Cl)nc3ncnn23)C1. The van der Waals surface area contributed by atoms with Crippen molar-refractivity contribution in [2.75, 3.05) is 17.6 Å². The molecule has 0 spiro atoms. The first-order valence-corrected chi connectivity index (χ1v) is 12.4. The third kappa shape index (κ3) is 3.18. The van der Waals surface area contributed by atoms with Gasteiger partial charge in [0.1, 0.15) is 34.7 Å². The van der Waals surface area contributed by atoms with Gasteiger partial charge in [-0.15, -0.1) is 0 Å². The number of hydrogen-bond acceptors (Lipinski definition) is 4. The summed E-state index contributed by atoms with van der Waals surface area (Å²) in [7, 11) is -1.53. The van der Waals surface area contributed by atoms with Crippen LogP contribution >= 0.6 is 11.6 Å². The average Bonchev–Trinajstić information content (AvgIpc) is 3.00. The van der Waals surface area contributed by atoms with E-state index in [1.165, 1.54) is 10.8 Å². The molecule has 1 aliphatic rings. The van der Waals surface area contributed by atoms with Gasteiger partial charge in [-0.1, -0.05) is 30.7 Å². The van der Waals surface area contributed by atoms with Gasteiger partial charge in [0.25, 0.3) is 5.78 Å². The minimum Gasteiger partial charge on any atom is -0.359 e. The molecule has 4 rings (SSSR count). The van der Waals surface area contributed by atoms with E-state index in [9.17, 15) is 13.2 Å². The molecule has 0 unspecified atom stereocenters. The molecule has 142 valence electrons. The molecule has 1 aliphatic heterocycles. The lowest BCUT2D eigenvalue weighted by Crippen LogP contribution is -2.48. The Morgan fingerprint density at radius 3 is 2.48 bits per heavy atom. The van der Waals surface area contributed by atoms with Crippen LogP contribution in [0.2, 0.25) is 24.3 Å². The normalized spacial score (nSPS) is 16.9.